The molecule has 0 radical (unpaired) electrons. The number of nitrogens with zero attached hydrogens (tertiary/aromatic N) is 1. The van der Waals surface area contributed by atoms with Crippen LogP contribution in [0.25, 0.3) is 0 Å². The standard InChI is InChI=1S/C9H15N3O/c1-7(13)4-6-11-8-3-2-5-12-9(8)10/h2-3,5,7,11,13H,4,6H2,1H3,(H2,10,12). The Bertz CT molecular complexity index is 263. The van der Waals surface area contributed by atoms with Gasteiger partial charge < -0.3 is 16.2 Å². The molecule has 0 fully saturated rings. The fourth-order valence-corrected chi connectivity index (χ4v) is 0.983. The number of rotatable bonds is 4. The lowest BCUT2D eigenvalue weighted by atomic mass is 10.3. The number of aromatic nitrogens is 1. The lowest BCUT2D eigenvalue weighted by molar-refractivity contribution is 0.189. The summed E-state index contributed by atoms with van der Waals surface area (Å²) in [5, 5.41) is 12.1. The summed E-state index contributed by atoms with van der Waals surface area (Å²) in [6, 6.07) is 3.69. The molecule has 72 valence electrons. The fraction of sp³-hybridized carbons (Fsp3) is 0.444. The monoisotopic (exact) mass is 181 g/mol. The lowest BCUT2D eigenvalue weighted by Gasteiger charge is -2.08. The molecule has 0 saturated carbocycles. The number of aliphatic hydroxyl groups excluding tert-OH is 1. The van der Waals surface area contributed by atoms with Crippen LogP contribution in [0.4, 0.5) is 11.5 Å². The van der Waals surface area contributed by atoms with Crippen LogP contribution >= 0.6 is 0 Å². The van der Waals surface area contributed by atoms with Gasteiger partial charge >= 0.3 is 0 Å². The van der Waals surface area contributed by atoms with E-state index >= 15 is 0 Å². The van der Waals surface area contributed by atoms with Crippen LogP contribution in [-0.2, 0) is 0 Å². The number of hydrogen-bond acceptors (Lipinski definition) is 4. The molecule has 4 N–H and O–H groups in total. The Labute approximate surface area is 77.8 Å². The van der Waals surface area contributed by atoms with Crippen molar-refractivity contribution in [1.29, 1.82) is 0 Å². The first-order chi connectivity index (χ1) is 6.20. The van der Waals surface area contributed by atoms with Crippen LogP contribution in [-0.4, -0.2) is 22.7 Å². The Balaban J connectivity index is 2.41. The Morgan fingerprint density at radius 1 is 1.69 bits per heavy atom. The summed E-state index contributed by atoms with van der Waals surface area (Å²) in [6.07, 6.45) is 2.06. The Kier molecular flexibility index (Phi) is 3.52. The fourth-order valence-electron chi connectivity index (χ4n) is 0.983. The summed E-state index contributed by atoms with van der Waals surface area (Å²) in [5.74, 6) is 0.494. The molecule has 1 atom stereocenters. The Morgan fingerprint density at radius 2 is 2.46 bits per heavy atom. The zero-order valence-corrected chi connectivity index (χ0v) is 7.70. The van der Waals surface area contributed by atoms with Gasteiger partial charge in [-0.15, -0.1) is 0 Å². The van der Waals surface area contributed by atoms with Crippen LogP contribution in [0.2, 0.25) is 0 Å². The van der Waals surface area contributed by atoms with Gasteiger partial charge in [0.15, 0.2) is 0 Å². The number of nitrogens with two attached hydrogens (primary N) is 1. The van der Waals surface area contributed by atoms with Crippen LogP contribution in [0.1, 0.15) is 13.3 Å². The van der Waals surface area contributed by atoms with E-state index in [2.05, 4.69) is 10.3 Å². The SMILES string of the molecule is CC(O)CCNc1cccnc1N. The molecule has 1 aromatic rings. The summed E-state index contributed by atoms with van der Waals surface area (Å²) >= 11 is 0. The van der Waals surface area contributed by atoms with Gasteiger partial charge in [0, 0.05) is 12.7 Å². The van der Waals surface area contributed by atoms with Crippen molar-refractivity contribution in [2.75, 3.05) is 17.6 Å². The van der Waals surface area contributed by atoms with Crippen molar-refractivity contribution < 1.29 is 5.11 Å². The van der Waals surface area contributed by atoms with Gasteiger partial charge in [-0.2, -0.15) is 0 Å². The van der Waals surface area contributed by atoms with Gasteiger partial charge in [0.1, 0.15) is 5.82 Å². The molecule has 0 bridgehead atoms. The minimum Gasteiger partial charge on any atom is -0.393 e. The van der Waals surface area contributed by atoms with Crippen LogP contribution in [0.15, 0.2) is 18.3 Å². The van der Waals surface area contributed by atoms with Crippen molar-refractivity contribution in [2.45, 2.75) is 19.4 Å². The molecule has 13 heavy (non-hydrogen) atoms. The third kappa shape index (κ3) is 3.29. The molecule has 0 aromatic carbocycles. The van der Waals surface area contributed by atoms with E-state index in [9.17, 15) is 0 Å². The van der Waals surface area contributed by atoms with Crippen molar-refractivity contribution in [2.24, 2.45) is 0 Å². The Morgan fingerprint density at radius 3 is 3.08 bits per heavy atom. The highest BCUT2D eigenvalue weighted by Gasteiger charge is 1.98. The molecule has 1 rings (SSSR count). The van der Waals surface area contributed by atoms with Gasteiger partial charge in [0.2, 0.25) is 0 Å². The molecule has 0 amide bonds. The number of anilines is 2. The first kappa shape index (κ1) is 9.80. The van der Waals surface area contributed by atoms with Crippen molar-refractivity contribution in [3.05, 3.63) is 18.3 Å². The van der Waals surface area contributed by atoms with E-state index in [1.165, 1.54) is 0 Å². The van der Waals surface area contributed by atoms with Crippen molar-refractivity contribution in [1.82, 2.24) is 4.98 Å². The first-order valence-electron chi connectivity index (χ1n) is 4.32. The van der Waals surface area contributed by atoms with Crippen LogP contribution in [0.3, 0.4) is 0 Å². The molecular formula is C9H15N3O. The third-order valence-electron chi connectivity index (χ3n) is 1.72. The van der Waals surface area contributed by atoms with E-state index < -0.39 is 0 Å². The summed E-state index contributed by atoms with van der Waals surface area (Å²) in [4.78, 5) is 3.93. The van der Waals surface area contributed by atoms with Gasteiger partial charge in [0.25, 0.3) is 0 Å². The molecule has 1 aromatic heterocycles. The summed E-state index contributed by atoms with van der Waals surface area (Å²) in [7, 11) is 0. The topological polar surface area (TPSA) is 71.2 Å². The number of pyridine rings is 1. The zero-order valence-electron chi connectivity index (χ0n) is 7.70. The summed E-state index contributed by atoms with van der Waals surface area (Å²) in [5.41, 5.74) is 6.42. The smallest absolute Gasteiger partial charge is 0.146 e. The molecule has 0 aliphatic rings. The molecule has 0 aliphatic carbocycles. The summed E-state index contributed by atoms with van der Waals surface area (Å²) < 4.78 is 0. The van der Waals surface area contributed by atoms with Crippen LogP contribution in [0.5, 0.6) is 0 Å². The zero-order chi connectivity index (χ0) is 9.68. The normalized spacial score (nSPS) is 12.5. The van der Waals surface area contributed by atoms with Gasteiger partial charge in [0.05, 0.1) is 11.8 Å². The maximum Gasteiger partial charge on any atom is 0.146 e. The van der Waals surface area contributed by atoms with E-state index in [4.69, 9.17) is 10.8 Å². The largest absolute Gasteiger partial charge is 0.393 e. The number of nitrogens with one attached hydrogen (secondary N) is 1. The molecular weight excluding hydrogens is 166 g/mol. The Hall–Kier alpha value is -1.29. The van der Waals surface area contributed by atoms with E-state index in [0.29, 0.717) is 18.8 Å². The second kappa shape index (κ2) is 4.67. The van der Waals surface area contributed by atoms with Crippen molar-refractivity contribution in [3.63, 3.8) is 0 Å². The molecule has 4 nitrogen and oxygen atoms in total. The highest BCUT2D eigenvalue weighted by molar-refractivity contribution is 5.60. The second-order valence-electron chi connectivity index (χ2n) is 3.00. The average molecular weight is 181 g/mol. The summed E-state index contributed by atoms with van der Waals surface area (Å²) in [6.45, 7) is 2.46. The highest BCUT2D eigenvalue weighted by Crippen LogP contribution is 2.13. The van der Waals surface area contributed by atoms with Gasteiger partial charge in [-0.05, 0) is 25.5 Å². The molecule has 1 unspecified atom stereocenters. The maximum atomic E-state index is 9.01. The van der Waals surface area contributed by atoms with Crippen LogP contribution < -0.4 is 11.1 Å². The number of aliphatic hydroxyl groups is 1. The van der Waals surface area contributed by atoms with Gasteiger partial charge in [-0.3, -0.25) is 0 Å². The van der Waals surface area contributed by atoms with E-state index in [1.807, 2.05) is 12.1 Å². The quantitative estimate of drug-likeness (QED) is 0.644. The third-order valence-corrected chi connectivity index (χ3v) is 1.72. The molecule has 0 spiro atoms. The van der Waals surface area contributed by atoms with Gasteiger partial charge in [-0.1, -0.05) is 0 Å². The minimum atomic E-state index is -0.287. The highest BCUT2D eigenvalue weighted by atomic mass is 16.3. The molecule has 4 heteroatoms. The lowest BCUT2D eigenvalue weighted by Crippen LogP contribution is -2.11. The predicted molar refractivity (Wildman–Crippen MR) is 53.4 cm³/mol. The van der Waals surface area contributed by atoms with E-state index in [0.717, 1.165) is 5.69 Å². The predicted octanol–water partition coefficient (Wildman–Crippen LogP) is 0.847. The molecule has 0 aliphatic heterocycles. The van der Waals surface area contributed by atoms with Crippen LogP contribution in [0, 0.1) is 0 Å². The van der Waals surface area contributed by atoms with Gasteiger partial charge in [-0.25, -0.2) is 4.98 Å². The first-order valence-corrected chi connectivity index (χ1v) is 4.32. The van der Waals surface area contributed by atoms with E-state index in [-0.39, 0.29) is 6.10 Å². The number of hydrogen-bond donors (Lipinski definition) is 3. The molecule has 0 saturated heterocycles. The average Bonchev–Trinajstić information content (AvgIpc) is 2.08. The maximum absolute atomic E-state index is 9.01. The second-order valence-corrected chi connectivity index (χ2v) is 3.00. The van der Waals surface area contributed by atoms with E-state index in [1.54, 1.807) is 13.1 Å². The van der Waals surface area contributed by atoms with Crippen molar-refractivity contribution in [3.8, 4) is 0 Å². The van der Waals surface area contributed by atoms with Crippen molar-refractivity contribution >= 4 is 11.5 Å². The minimum absolute atomic E-state index is 0.287. The molecule has 1 heterocycles. The number of nitrogen functional groups attached to an aromatic ring is 1.